The van der Waals surface area contributed by atoms with Crippen LogP contribution >= 0.6 is 47.3 Å². The minimum absolute atomic E-state index is 0.212. The number of hydrogen-bond donors (Lipinski definition) is 0. The van der Waals surface area contributed by atoms with E-state index >= 15 is 0 Å². The number of thioether (sulfide) groups is 1. The maximum absolute atomic E-state index is 13.4. The molecular formula is C25H15ClFN3O2S3. The first-order valence-corrected chi connectivity index (χ1v) is 12.8. The van der Waals surface area contributed by atoms with E-state index in [9.17, 15) is 14.0 Å². The van der Waals surface area contributed by atoms with Crippen LogP contribution < -0.4 is 5.56 Å². The highest BCUT2D eigenvalue weighted by molar-refractivity contribution is 8.26. The molecule has 0 spiro atoms. The lowest BCUT2D eigenvalue weighted by Gasteiger charge is -2.14. The first-order valence-electron chi connectivity index (χ1n) is 10.3. The van der Waals surface area contributed by atoms with Crippen LogP contribution in [0.1, 0.15) is 11.1 Å². The van der Waals surface area contributed by atoms with Gasteiger partial charge in [0, 0.05) is 16.1 Å². The molecular weight excluding hydrogens is 525 g/mol. The van der Waals surface area contributed by atoms with E-state index in [4.69, 9.17) is 23.8 Å². The predicted octanol–water partition coefficient (Wildman–Crippen LogP) is 6.04. The third kappa shape index (κ3) is 5.04. The van der Waals surface area contributed by atoms with Crippen molar-refractivity contribution >= 4 is 69.3 Å². The summed E-state index contributed by atoms with van der Waals surface area (Å²) in [6.07, 6.45) is 3.19. The van der Waals surface area contributed by atoms with E-state index in [0.29, 0.717) is 24.9 Å². The summed E-state index contributed by atoms with van der Waals surface area (Å²) < 4.78 is 15.1. The molecule has 1 aliphatic rings. The summed E-state index contributed by atoms with van der Waals surface area (Å²) in [5.74, 6) is -0.668. The number of rotatable bonds is 5. The van der Waals surface area contributed by atoms with Crippen LogP contribution in [-0.4, -0.2) is 24.5 Å². The predicted molar refractivity (Wildman–Crippen MR) is 142 cm³/mol. The van der Waals surface area contributed by atoms with E-state index in [1.54, 1.807) is 54.7 Å². The van der Waals surface area contributed by atoms with Crippen molar-refractivity contribution in [3.05, 3.63) is 110 Å². The van der Waals surface area contributed by atoms with Crippen LogP contribution in [-0.2, 0) is 11.3 Å². The van der Waals surface area contributed by atoms with Crippen molar-refractivity contribution in [2.24, 2.45) is 0 Å². The molecule has 5 nitrogen and oxygen atoms in total. The Morgan fingerprint density at radius 2 is 1.80 bits per heavy atom. The summed E-state index contributed by atoms with van der Waals surface area (Å²) in [4.78, 5) is 33.9. The fourth-order valence-corrected chi connectivity index (χ4v) is 5.69. The summed E-state index contributed by atoms with van der Waals surface area (Å²) >= 11 is 13.9. The van der Waals surface area contributed by atoms with Gasteiger partial charge in [0.05, 0.1) is 17.0 Å². The summed E-state index contributed by atoms with van der Waals surface area (Å²) in [5, 5.41) is 1.07. The first-order chi connectivity index (χ1) is 16.9. The SMILES string of the molecule is O=C1C(=Cc2c(Sc3ccc(Cl)cc3)nc3ccccn3c2=O)SC(=S)N1Cc1ccc(F)cc1. The van der Waals surface area contributed by atoms with E-state index in [2.05, 4.69) is 4.98 Å². The van der Waals surface area contributed by atoms with Gasteiger partial charge in [-0.1, -0.05) is 65.5 Å². The van der Waals surface area contributed by atoms with E-state index in [1.165, 1.54) is 33.2 Å². The number of pyridine rings is 1. The maximum atomic E-state index is 13.4. The minimum atomic E-state index is -0.353. The lowest BCUT2D eigenvalue weighted by atomic mass is 10.2. The van der Waals surface area contributed by atoms with E-state index in [0.717, 1.165) is 22.2 Å². The number of amides is 1. The average molecular weight is 540 g/mol. The molecule has 0 saturated carbocycles. The second-order valence-electron chi connectivity index (χ2n) is 7.51. The van der Waals surface area contributed by atoms with Gasteiger partial charge >= 0.3 is 0 Å². The summed E-state index contributed by atoms with van der Waals surface area (Å²) in [6, 6.07) is 18.4. The van der Waals surface area contributed by atoms with Gasteiger partial charge in [0.1, 0.15) is 20.8 Å². The number of fused-ring (bicyclic) bond motifs is 1. The van der Waals surface area contributed by atoms with Crippen LogP contribution in [0.25, 0.3) is 11.7 Å². The lowest BCUT2D eigenvalue weighted by molar-refractivity contribution is -0.122. The van der Waals surface area contributed by atoms with Crippen molar-refractivity contribution in [2.75, 3.05) is 0 Å². The first kappa shape index (κ1) is 23.7. The number of carbonyl (C=O) groups excluding carboxylic acids is 1. The Morgan fingerprint density at radius 1 is 1.06 bits per heavy atom. The fraction of sp³-hybridized carbons (Fsp3) is 0.0400. The lowest BCUT2D eigenvalue weighted by Crippen LogP contribution is -2.27. The number of aromatic nitrogens is 2. The van der Waals surface area contributed by atoms with Crippen LogP contribution in [0.15, 0.2) is 92.5 Å². The van der Waals surface area contributed by atoms with E-state index in [1.807, 2.05) is 12.1 Å². The van der Waals surface area contributed by atoms with Crippen LogP contribution in [0.3, 0.4) is 0 Å². The second kappa shape index (κ2) is 9.94. The van der Waals surface area contributed by atoms with Gasteiger partial charge in [-0.05, 0) is 60.2 Å². The molecule has 2 aromatic heterocycles. The number of hydrogen-bond acceptors (Lipinski definition) is 6. The molecule has 0 atom stereocenters. The van der Waals surface area contributed by atoms with Gasteiger partial charge in [0.25, 0.3) is 11.5 Å². The van der Waals surface area contributed by atoms with Crippen LogP contribution in [0.4, 0.5) is 4.39 Å². The van der Waals surface area contributed by atoms with Gasteiger partial charge in [-0.15, -0.1) is 0 Å². The largest absolute Gasteiger partial charge is 0.288 e. The second-order valence-corrected chi connectivity index (χ2v) is 10.7. The Morgan fingerprint density at radius 3 is 2.54 bits per heavy atom. The number of carbonyl (C=O) groups is 1. The molecule has 174 valence electrons. The van der Waals surface area contributed by atoms with Crippen molar-refractivity contribution in [3.63, 3.8) is 0 Å². The summed E-state index contributed by atoms with van der Waals surface area (Å²) in [6.45, 7) is 0.212. The van der Waals surface area contributed by atoms with Crippen molar-refractivity contribution in [3.8, 4) is 0 Å². The number of halogens is 2. The highest BCUT2D eigenvalue weighted by Gasteiger charge is 2.32. The molecule has 0 aliphatic carbocycles. The molecule has 5 rings (SSSR count). The molecule has 1 fully saturated rings. The molecule has 1 saturated heterocycles. The molecule has 0 bridgehead atoms. The van der Waals surface area contributed by atoms with Crippen LogP contribution in [0.2, 0.25) is 5.02 Å². The molecule has 1 amide bonds. The van der Waals surface area contributed by atoms with E-state index < -0.39 is 0 Å². The average Bonchev–Trinajstić information content (AvgIpc) is 3.11. The molecule has 4 aromatic rings. The van der Waals surface area contributed by atoms with Crippen molar-refractivity contribution < 1.29 is 9.18 Å². The van der Waals surface area contributed by atoms with Gasteiger partial charge in [-0.3, -0.25) is 18.9 Å². The molecule has 2 aromatic carbocycles. The Bertz CT molecular complexity index is 1550. The quantitative estimate of drug-likeness (QED) is 0.175. The zero-order valence-electron chi connectivity index (χ0n) is 17.9. The van der Waals surface area contributed by atoms with Crippen molar-refractivity contribution in [1.82, 2.24) is 14.3 Å². The third-order valence-corrected chi connectivity index (χ3v) is 7.81. The monoisotopic (exact) mass is 539 g/mol. The maximum Gasteiger partial charge on any atom is 0.266 e. The Hall–Kier alpha value is -2.98. The Balaban J connectivity index is 1.54. The molecule has 0 unspecified atom stereocenters. The van der Waals surface area contributed by atoms with E-state index in [-0.39, 0.29) is 29.4 Å². The van der Waals surface area contributed by atoms with Gasteiger partial charge in [-0.25, -0.2) is 9.37 Å². The third-order valence-electron chi connectivity index (χ3n) is 5.17. The van der Waals surface area contributed by atoms with Crippen molar-refractivity contribution in [2.45, 2.75) is 16.5 Å². The van der Waals surface area contributed by atoms with Gasteiger partial charge in [0.15, 0.2) is 0 Å². The molecule has 3 heterocycles. The topological polar surface area (TPSA) is 54.7 Å². The van der Waals surface area contributed by atoms with Gasteiger partial charge in [0.2, 0.25) is 0 Å². The number of benzene rings is 2. The summed E-state index contributed by atoms with van der Waals surface area (Å²) in [5.41, 5.74) is 1.23. The summed E-state index contributed by atoms with van der Waals surface area (Å²) in [7, 11) is 0. The normalized spacial score (nSPS) is 14.9. The molecule has 0 N–H and O–H groups in total. The Kier molecular flexibility index (Phi) is 6.75. The number of thiocarbonyl (C=S) groups is 1. The van der Waals surface area contributed by atoms with Crippen LogP contribution in [0.5, 0.6) is 0 Å². The standard InChI is InChI=1S/C25H15ClFN3O2S3/c26-16-6-10-18(11-7-16)34-22-19(23(31)29-12-2-1-3-21(29)28-22)13-20-24(32)30(25(33)35-20)14-15-4-8-17(27)9-5-15/h1-13H,14H2. The molecule has 0 radical (unpaired) electrons. The zero-order chi connectivity index (χ0) is 24.5. The minimum Gasteiger partial charge on any atom is -0.288 e. The van der Waals surface area contributed by atoms with Crippen molar-refractivity contribution in [1.29, 1.82) is 0 Å². The van der Waals surface area contributed by atoms with Crippen LogP contribution in [0, 0.1) is 5.82 Å². The number of nitrogens with zero attached hydrogens (tertiary/aromatic N) is 3. The molecule has 1 aliphatic heterocycles. The Labute approximate surface area is 218 Å². The molecule has 35 heavy (non-hydrogen) atoms. The smallest absolute Gasteiger partial charge is 0.266 e. The molecule has 10 heteroatoms. The van der Waals surface area contributed by atoms with Gasteiger partial charge < -0.3 is 0 Å². The van der Waals surface area contributed by atoms with Gasteiger partial charge in [-0.2, -0.15) is 0 Å². The highest BCUT2D eigenvalue weighted by Crippen LogP contribution is 2.36. The fourth-order valence-electron chi connectivity index (χ4n) is 3.44. The highest BCUT2D eigenvalue weighted by atomic mass is 35.5. The zero-order valence-corrected chi connectivity index (χ0v) is 21.1.